The van der Waals surface area contributed by atoms with Crippen molar-refractivity contribution in [1.82, 2.24) is 9.97 Å². The van der Waals surface area contributed by atoms with Crippen LogP contribution < -0.4 is 5.73 Å². The van der Waals surface area contributed by atoms with Gasteiger partial charge in [0.2, 0.25) is 0 Å². The van der Waals surface area contributed by atoms with Crippen LogP contribution in [0.2, 0.25) is 5.15 Å². The molecule has 0 aliphatic carbocycles. The van der Waals surface area contributed by atoms with Crippen LogP contribution in [0.4, 0.5) is 5.82 Å². The topological polar surface area (TPSA) is 51.8 Å². The zero-order chi connectivity index (χ0) is 10.0. The van der Waals surface area contributed by atoms with E-state index in [0.717, 1.165) is 17.8 Å². The molecular formula is C9H14ClN3. The van der Waals surface area contributed by atoms with Gasteiger partial charge in [0, 0.05) is 0 Å². The molecule has 0 saturated heterocycles. The Morgan fingerprint density at radius 2 is 2.00 bits per heavy atom. The maximum absolute atomic E-state index is 5.77. The Bertz CT molecular complexity index is 310. The van der Waals surface area contributed by atoms with Crippen molar-refractivity contribution >= 4 is 17.4 Å². The molecule has 0 aromatic carbocycles. The lowest BCUT2D eigenvalue weighted by molar-refractivity contribution is 0.782. The Balaban J connectivity index is 3.25. The zero-order valence-electron chi connectivity index (χ0n) is 8.13. The maximum atomic E-state index is 5.77. The number of hydrogen-bond acceptors (Lipinski definition) is 3. The quantitative estimate of drug-likeness (QED) is 0.796. The van der Waals surface area contributed by atoms with Crippen LogP contribution in [-0.2, 0) is 6.42 Å². The van der Waals surface area contributed by atoms with Crippen molar-refractivity contribution in [2.45, 2.75) is 33.1 Å². The van der Waals surface area contributed by atoms with Gasteiger partial charge in [-0.05, 0) is 12.3 Å². The van der Waals surface area contributed by atoms with Crippen molar-refractivity contribution in [1.29, 1.82) is 0 Å². The number of rotatable bonds is 2. The molecule has 0 amide bonds. The molecular weight excluding hydrogens is 186 g/mol. The molecule has 3 nitrogen and oxygen atoms in total. The van der Waals surface area contributed by atoms with Gasteiger partial charge < -0.3 is 5.73 Å². The van der Waals surface area contributed by atoms with Crippen LogP contribution in [0.25, 0.3) is 0 Å². The second kappa shape index (κ2) is 3.92. The van der Waals surface area contributed by atoms with Crippen LogP contribution in [0.5, 0.6) is 0 Å². The third-order valence-corrected chi connectivity index (χ3v) is 2.14. The van der Waals surface area contributed by atoms with Crippen LogP contribution in [0.1, 0.15) is 38.1 Å². The van der Waals surface area contributed by atoms with E-state index in [9.17, 15) is 0 Å². The summed E-state index contributed by atoms with van der Waals surface area (Å²) in [5.74, 6) is 0.657. The van der Waals surface area contributed by atoms with E-state index in [1.54, 1.807) is 0 Å². The second-order valence-electron chi connectivity index (χ2n) is 3.24. The smallest absolute Gasteiger partial charge is 0.171 e. The average molecular weight is 200 g/mol. The highest BCUT2D eigenvalue weighted by Crippen LogP contribution is 2.21. The number of anilines is 1. The van der Waals surface area contributed by atoms with Gasteiger partial charge in [0.15, 0.2) is 11.0 Å². The molecule has 1 aromatic heterocycles. The predicted octanol–water partition coefficient (Wildman–Crippen LogP) is 2.40. The van der Waals surface area contributed by atoms with Gasteiger partial charge in [-0.15, -0.1) is 0 Å². The SMILES string of the molecule is CCc1nc(Cl)c(N)nc1C(C)C. The van der Waals surface area contributed by atoms with E-state index in [1.165, 1.54) is 0 Å². The first-order valence-electron chi connectivity index (χ1n) is 4.38. The summed E-state index contributed by atoms with van der Waals surface area (Å²) in [5, 5.41) is 0.307. The molecule has 0 unspecified atom stereocenters. The van der Waals surface area contributed by atoms with Crippen molar-refractivity contribution < 1.29 is 0 Å². The number of nitrogens with two attached hydrogens (primary N) is 1. The molecule has 0 aliphatic rings. The fraction of sp³-hybridized carbons (Fsp3) is 0.556. The Hall–Kier alpha value is -0.830. The van der Waals surface area contributed by atoms with E-state index in [1.807, 2.05) is 6.92 Å². The lowest BCUT2D eigenvalue weighted by Crippen LogP contribution is -2.06. The van der Waals surface area contributed by atoms with Crippen molar-refractivity contribution in [3.63, 3.8) is 0 Å². The second-order valence-corrected chi connectivity index (χ2v) is 3.60. The summed E-state index contributed by atoms with van der Waals surface area (Å²) in [5.41, 5.74) is 7.46. The monoisotopic (exact) mass is 199 g/mol. The summed E-state index contributed by atoms with van der Waals surface area (Å²) in [6, 6.07) is 0. The van der Waals surface area contributed by atoms with Gasteiger partial charge in [0.05, 0.1) is 11.4 Å². The van der Waals surface area contributed by atoms with Crippen molar-refractivity contribution in [3.8, 4) is 0 Å². The molecule has 0 radical (unpaired) electrons. The largest absolute Gasteiger partial charge is 0.381 e. The van der Waals surface area contributed by atoms with Gasteiger partial charge in [-0.3, -0.25) is 0 Å². The van der Waals surface area contributed by atoms with Gasteiger partial charge >= 0.3 is 0 Å². The summed E-state index contributed by atoms with van der Waals surface area (Å²) in [4.78, 5) is 8.42. The molecule has 0 spiro atoms. The Morgan fingerprint density at radius 1 is 1.38 bits per heavy atom. The van der Waals surface area contributed by atoms with Gasteiger partial charge in [0.1, 0.15) is 0 Å². The molecule has 0 fully saturated rings. The fourth-order valence-corrected chi connectivity index (χ4v) is 1.34. The van der Waals surface area contributed by atoms with E-state index in [4.69, 9.17) is 17.3 Å². The summed E-state index contributed by atoms with van der Waals surface area (Å²) < 4.78 is 0. The number of nitrogen functional groups attached to an aromatic ring is 1. The lowest BCUT2D eigenvalue weighted by atomic mass is 10.1. The van der Waals surface area contributed by atoms with Gasteiger partial charge in [0.25, 0.3) is 0 Å². The third kappa shape index (κ3) is 2.10. The van der Waals surface area contributed by atoms with E-state index >= 15 is 0 Å². The third-order valence-electron chi connectivity index (χ3n) is 1.86. The molecule has 0 aliphatic heterocycles. The van der Waals surface area contributed by atoms with Crippen LogP contribution in [-0.4, -0.2) is 9.97 Å². The molecule has 0 atom stereocenters. The molecule has 0 saturated carbocycles. The minimum absolute atomic E-state index is 0.307. The van der Waals surface area contributed by atoms with E-state index in [2.05, 4.69) is 23.8 Å². The summed E-state index contributed by atoms with van der Waals surface area (Å²) in [7, 11) is 0. The first kappa shape index (κ1) is 10.3. The minimum atomic E-state index is 0.307. The zero-order valence-corrected chi connectivity index (χ0v) is 8.89. The van der Waals surface area contributed by atoms with Gasteiger partial charge in [-0.25, -0.2) is 9.97 Å². The fourth-order valence-electron chi connectivity index (χ4n) is 1.20. The van der Waals surface area contributed by atoms with Crippen LogP contribution in [0, 0.1) is 0 Å². The minimum Gasteiger partial charge on any atom is -0.381 e. The summed E-state index contributed by atoms with van der Waals surface area (Å²) >= 11 is 5.77. The van der Waals surface area contributed by atoms with Gasteiger partial charge in [-0.2, -0.15) is 0 Å². The lowest BCUT2D eigenvalue weighted by Gasteiger charge is -2.10. The van der Waals surface area contributed by atoms with E-state index in [-0.39, 0.29) is 0 Å². The molecule has 1 aromatic rings. The predicted molar refractivity (Wildman–Crippen MR) is 54.9 cm³/mol. The number of nitrogens with zero attached hydrogens (tertiary/aromatic N) is 2. The van der Waals surface area contributed by atoms with Crippen molar-refractivity contribution in [2.24, 2.45) is 0 Å². The number of hydrogen-bond donors (Lipinski definition) is 1. The molecule has 4 heteroatoms. The molecule has 72 valence electrons. The Labute approximate surface area is 83.3 Å². The molecule has 1 heterocycles. The van der Waals surface area contributed by atoms with Crippen molar-refractivity contribution in [3.05, 3.63) is 16.5 Å². The molecule has 2 N–H and O–H groups in total. The number of aryl methyl sites for hydroxylation is 1. The Kier molecular flexibility index (Phi) is 3.09. The first-order valence-corrected chi connectivity index (χ1v) is 4.75. The summed E-state index contributed by atoms with van der Waals surface area (Å²) in [6.07, 6.45) is 0.834. The highest BCUT2D eigenvalue weighted by molar-refractivity contribution is 6.31. The molecule has 1 rings (SSSR count). The average Bonchev–Trinajstić information content (AvgIpc) is 2.08. The van der Waals surface area contributed by atoms with Crippen LogP contribution in [0.15, 0.2) is 0 Å². The van der Waals surface area contributed by atoms with Gasteiger partial charge in [-0.1, -0.05) is 32.4 Å². The van der Waals surface area contributed by atoms with Crippen LogP contribution >= 0.6 is 11.6 Å². The standard InChI is InChI=1S/C9H14ClN3/c1-4-6-7(5(2)3)13-9(11)8(10)12-6/h5H,4H2,1-3H3,(H2,11,13). The van der Waals surface area contributed by atoms with Crippen LogP contribution in [0.3, 0.4) is 0 Å². The number of halogens is 1. The highest BCUT2D eigenvalue weighted by Gasteiger charge is 2.11. The highest BCUT2D eigenvalue weighted by atomic mass is 35.5. The maximum Gasteiger partial charge on any atom is 0.171 e. The van der Waals surface area contributed by atoms with E-state index < -0.39 is 0 Å². The molecule has 0 bridgehead atoms. The first-order chi connectivity index (χ1) is 6.06. The number of aromatic nitrogens is 2. The Morgan fingerprint density at radius 3 is 2.46 bits per heavy atom. The summed E-state index contributed by atoms with van der Waals surface area (Å²) in [6.45, 7) is 6.16. The normalized spacial score (nSPS) is 10.8. The molecule has 13 heavy (non-hydrogen) atoms. The van der Waals surface area contributed by atoms with E-state index in [0.29, 0.717) is 16.9 Å². The van der Waals surface area contributed by atoms with Crippen molar-refractivity contribution in [2.75, 3.05) is 5.73 Å².